The van der Waals surface area contributed by atoms with Gasteiger partial charge in [0.1, 0.15) is 18.7 Å². The first-order chi connectivity index (χ1) is 10.4. The van der Waals surface area contributed by atoms with Gasteiger partial charge in [-0.15, -0.1) is 0 Å². The highest BCUT2D eigenvalue weighted by Gasteiger charge is 2.21. The number of hydrogen-bond acceptors (Lipinski definition) is 4. The molecule has 0 radical (unpaired) electrons. The van der Waals surface area contributed by atoms with Gasteiger partial charge in [-0.05, 0) is 43.5 Å². The molecule has 118 valence electrons. The summed E-state index contributed by atoms with van der Waals surface area (Å²) < 4.78 is 5.80. The Kier molecular flexibility index (Phi) is 5.37. The van der Waals surface area contributed by atoms with E-state index >= 15 is 0 Å². The molecule has 1 aromatic carbocycles. The topological polar surface area (TPSA) is 61.0 Å². The fraction of sp³-hybridized carbons (Fsp3) is 0.412. The zero-order chi connectivity index (χ0) is 16.2. The molecule has 0 bridgehead atoms. The molecule has 0 aliphatic carbocycles. The third kappa shape index (κ3) is 4.68. The maximum atomic E-state index is 6.30. The quantitative estimate of drug-likeness (QED) is 0.876. The SMILES string of the molecule is CC(C)C[C@](C)(N)COc1ccc(-c2ccncn2)cc1Cl. The molecule has 1 atom stereocenters. The van der Waals surface area contributed by atoms with E-state index in [-0.39, 0.29) is 5.54 Å². The Hall–Kier alpha value is -1.65. The molecule has 2 aromatic rings. The van der Waals surface area contributed by atoms with Crippen LogP contribution in [0.25, 0.3) is 11.3 Å². The van der Waals surface area contributed by atoms with Crippen LogP contribution in [0.5, 0.6) is 5.75 Å². The van der Waals surface area contributed by atoms with Gasteiger partial charge in [-0.1, -0.05) is 25.4 Å². The number of nitrogens with zero attached hydrogens (tertiary/aromatic N) is 2. The van der Waals surface area contributed by atoms with Crippen LogP contribution in [0.3, 0.4) is 0 Å². The first kappa shape index (κ1) is 16.7. The van der Waals surface area contributed by atoms with E-state index in [9.17, 15) is 0 Å². The van der Waals surface area contributed by atoms with Crippen LogP contribution in [0.4, 0.5) is 0 Å². The van der Waals surface area contributed by atoms with E-state index in [1.165, 1.54) is 6.33 Å². The van der Waals surface area contributed by atoms with Gasteiger partial charge in [-0.3, -0.25) is 0 Å². The standard InChI is InChI=1S/C17H22ClN3O/c1-12(2)9-17(3,19)10-22-16-5-4-13(8-14(16)18)15-6-7-20-11-21-15/h4-8,11-12H,9-10,19H2,1-3H3/t17-/m0/s1. The lowest BCUT2D eigenvalue weighted by atomic mass is 9.93. The number of ether oxygens (including phenoxy) is 1. The van der Waals surface area contributed by atoms with E-state index in [0.29, 0.717) is 23.3 Å². The maximum absolute atomic E-state index is 6.30. The predicted molar refractivity (Wildman–Crippen MR) is 90.0 cm³/mol. The van der Waals surface area contributed by atoms with Gasteiger partial charge in [0.2, 0.25) is 0 Å². The summed E-state index contributed by atoms with van der Waals surface area (Å²) in [6, 6.07) is 7.46. The number of aromatic nitrogens is 2. The van der Waals surface area contributed by atoms with Gasteiger partial charge in [-0.25, -0.2) is 9.97 Å². The summed E-state index contributed by atoms with van der Waals surface area (Å²) in [5, 5.41) is 0.552. The summed E-state index contributed by atoms with van der Waals surface area (Å²) in [7, 11) is 0. The summed E-state index contributed by atoms with van der Waals surface area (Å²) in [5.74, 6) is 1.16. The molecule has 0 aliphatic rings. The molecule has 0 saturated carbocycles. The van der Waals surface area contributed by atoms with Crippen molar-refractivity contribution in [1.29, 1.82) is 0 Å². The normalized spacial score (nSPS) is 13.9. The second kappa shape index (κ2) is 7.07. The molecule has 0 saturated heterocycles. The smallest absolute Gasteiger partial charge is 0.138 e. The molecule has 0 aliphatic heterocycles. The Morgan fingerprint density at radius 1 is 1.32 bits per heavy atom. The molecule has 0 fully saturated rings. The zero-order valence-corrected chi connectivity index (χ0v) is 14.0. The Balaban J connectivity index is 2.08. The van der Waals surface area contributed by atoms with Crippen LogP contribution in [0, 0.1) is 5.92 Å². The van der Waals surface area contributed by atoms with Gasteiger partial charge >= 0.3 is 0 Å². The van der Waals surface area contributed by atoms with Crippen LogP contribution in [-0.2, 0) is 0 Å². The van der Waals surface area contributed by atoms with Gasteiger partial charge in [0, 0.05) is 17.3 Å². The van der Waals surface area contributed by atoms with Crippen LogP contribution in [0.1, 0.15) is 27.2 Å². The highest BCUT2D eigenvalue weighted by molar-refractivity contribution is 6.32. The molecular weight excluding hydrogens is 298 g/mol. The fourth-order valence-corrected chi connectivity index (χ4v) is 2.71. The number of nitrogens with two attached hydrogens (primary N) is 1. The third-order valence-corrected chi connectivity index (χ3v) is 3.54. The monoisotopic (exact) mass is 319 g/mol. The molecule has 0 spiro atoms. The van der Waals surface area contributed by atoms with Gasteiger partial charge < -0.3 is 10.5 Å². The molecule has 1 heterocycles. The second-order valence-electron chi connectivity index (χ2n) is 6.28. The van der Waals surface area contributed by atoms with Crippen LogP contribution >= 0.6 is 11.6 Å². The third-order valence-electron chi connectivity index (χ3n) is 3.24. The van der Waals surface area contributed by atoms with Crippen molar-refractivity contribution < 1.29 is 4.74 Å². The molecule has 0 amide bonds. The van der Waals surface area contributed by atoms with Crippen molar-refractivity contribution in [3.8, 4) is 17.0 Å². The lowest BCUT2D eigenvalue weighted by Crippen LogP contribution is -2.43. The van der Waals surface area contributed by atoms with Gasteiger partial charge in [-0.2, -0.15) is 0 Å². The average Bonchev–Trinajstić information content (AvgIpc) is 2.45. The molecular formula is C17H22ClN3O. The molecule has 4 nitrogen and oxygen atoms in total. The van der Waals surface area contributed by atoms with E-state index in [0.717, 1.165) is 17.7 Å². The van der Waals surface area contributed by atoms with Crippen molar-refractivity contribution in [2.45, 2.75) is 32.7 Å². The summed E-state index contributed by atoms with van der Waals surface area (Å²) >= 11 is 6.30. The first-order valence-corrected chi connectivity index (χ1v) is 7.73. The molecule has 5 heteroatoms. The summed E-state index contributed by atoms with van der Waals surface area (Å²) in [6.07, 6.45) is 4.11. The molecule has 0 unspecified atom stereocenters. The van der Waals surface area contributed by atoms with Crippen molar-refractivity contribution in [3.05, 3.63) is 41.8 Å². The van der Waals surface area contributed by atoms with E-state index in [4.69, 9.17) is 22.1 Å². The number of hydrogen-bond donors (Lipinski definition) is 1. The largest absolute Gasteiger partial charge is 0.490 e. The maximum Gasteiger partial charge on any atom is 0.138 e. The minimum Gasteiger partial charge on any atom is -0.490 e. The van der Waals surface area contributed by atoms with Gasteiger partial charge in [0.15, 0.2) is 0 Å². The van der Waals surface area contributed by atoms with Gasteiger partial charge in [0.05, 0.1) is 10.7 Å². The van der Waals surface area contributed by atoms with Crippen LogP contribution < -0.4 is 10.5 Å². The summed E-state index contributed by atoms with van der Waals surface area (Å²) in [4.78, 5) is 8.12. The van der Waals surface area contributed by atoms with E-state index < -0.39 is 0 Å². The number of halogens is 1. The van der Waals surface area contributed by atoms with E-state index in [2.05, 4.69) is 23.8 Å². The molecule has 2 N–H and O–H groups in total. The summed E-state index contributed by atoms with van der Waals surface area (Å²) in [5.41, 5.74) is 7.63. The zero-order valence-electron chi connectivity index (χ0n) is 13.2. The molecule has 1 aromatic heterocycles. The molecule has 2 rings (SSSR count). The lowest BCUT2D eigenvalue weighted by Gasteiger charge is -2.26. The highest BCUT2D eigenvalue weighted by atomic mass is 35.5. The Morgan fingerprint density at radius 2 is 2.09 bits per heavy atom. The van der Waals surface area contributed by atoms with Crippen molar-refractivity contribution >= 4 is 11.6 Å². The van der Waals surface area contributed by atoms with Crippen LogP contribution in [-0.4, -0.2) is 22.1 Å². The van der Waals surface area contributed by atoms with E-state index in [1.807, 2.05) is 31.2 Å². The molecule has 22 heavy (non-hydrogen) atoms. The van der Waals surface area contributed by atoms with Crippen LogP contribution in [0.15, 0.2) is 36.8 Å². The van der Waals surface area contributed by atoms with Crippen molar-refractivity contribution in [1.82, 2.24) is 9.97 Å². The minimum atomic E-state index is -0.372. The van der Waals surface area contributed by atoms with Crippen molar-refractivity contribution in [2.24, 2.45) is 11.7 Å². The Labute approximate surface area is 136 Å². The minimum absolute atomic E-state index is 0.372. The predicted octanol–water partition coefficient (Wildman–Crippen LogP) is 3.94. The van der Waals surface area contributed by atoms with Crippen LogP contribution in [0.2, 0.25) is 5.02 Å². The second-order valence-corrected chi connectivity index (χ2v) is 6.69. The summed E-state index contributed by atoms with van der Waals surface area (Å²) in [6.45, 7) is 6.72. The first-order valence-electron chi connectivity index (χ1n) is 7.35. The van der Waals surface area contributed by atoms with E-state index in [1.54, 1.807) is 6.20 Å². The van der Waals surface area contributed by atoms with Crippen molar-refractivity contribution in [2.75, 3.05) is 6.61 Å². The lowest BCUT2D eigenvalue weighted by molar-refractivity contribution is 0.207. The Bertz CT molecular complexity index is 615. The average molecular weight is 320 g/mol. The Morgan fingerprint density at radius 3 is 2.68 bits per heavy atom. The van der Waals surface area contributed by atoms with Crippen molar-refractivity contribution in [3.63, 3.8) is 0 Å². The number of rotatable bonds is 6. The highest BCUT2D eigenvalue weighted by Crippen LogP contribution is 2.30. The van der Waals surface area contributed by atoms with Gasteiger partial charge in [0.25, 0.3) is 0 Å². The fourth-order valence-electron chi connectivity index (χ4n) is 2.47. The number of benzene rings is 1.